The number of Topliss-reactive ketones (excluding diaryl/α,β-unsaturated/α-hetero) is 1. The number of nitrogens with zero attached hydrogens (tertiary/aromatic N) is 3. The Morgan fingerprint density at radius 3 is 2.69 bits per heavy atom. The molecule has 2 rings (SSSR count). The number of ketones is 1. The molecule has 0 saturated heterocycles. The van der Waals surface area contributed by atoms with Crippen LogP contribution in [0, 0.1) is 11.3 Å². The van der Waals surface area contributed by atoms with Crippen molar-refractivity contribution in [1.82, 2.24) is 9.97 Å². The number of hydrogen-bond donors (Lipinski definition) is 3. The van der Waals surface area contributed by atoms with Gasteiger partial charge in [0, 0.05) is 6.42 Å². The van der Waals surface area contributed by atoms with Gasteiger partial charge in [-0.15, -0.1) is 0 Å². The van der Waals surface area contributed by atoms with Crippen molar-refractivity contribution in [2.45, 2.75) is 44.8 Å². The van der Waals surface area contributed by atoms with Crippen LogP contribution >= 0.6 is 0 Å². The topological polar surface area (TPSA) is 140 Å². The van der Waals surface area contributed by atoms with Gasteiger partial charge in [0.2, 0.25) is 11.8 Å². The zero-order valence-corrected chi connectivity index (χ0v) is 17.6. The molecule has 0 bridgehead atoms. The zero-order valence-electron chi connectivity index (χ0n) is 17.6. The van der Waals surface area contributed by atoms with E-state index in [1.54, 1.807) is 6.92 Å². The van der Waals surface area contributed by atoms with E-state index in [1.807, 2.05) is 6.07 Å². The van der Waals surface area contributed by atoms with Crippen molar-refractivity contribution in [2.24, 2.45) is 5.73 Å². The van der Waals surface area contributed by atoms with E-state index in [2.05, 4.69) is 15.3 Å². The van der Waals surface area contributed by atoms with E-state index < -0.39 is 17.8 Å². The lowest BCUT2D eigenvalue weighted by molar-refractivity contribution is -0.137. The molecule has 0 fully saturated rings. The zero-order chi connectivity index (χ0) is 23.7. The summed E-state index contributed by atoms with van der Waals surface area (Å²) >= 11 is 0. The van der Waals surface area contributed by atoms with Crippen molar-refractivity contribution in [3.8, 4) is 11.9 Å². The largest absolute Gasteiger partial charge is 0.477 e. The van der Waals surface area contributed by atoms with E-state index >= 15 is 0 Å². The Hall–Kier alpha value is -3.39. The van der Waals surface area contributed by atoms with Crippen LogP contribution in [0.15, 0.2) is 24.3 Å². The van der Waals surface area contributed by atoms with Crippen molar-refractivity contribution in [2.75, 3.05) is 24.2 Å². The Kier molecular flexibility index (Phi) is 8.78. The summed E-state index contributed by atoms with van der Waals surface area (Å²) in [4.78, 5) is 20.9. The second kappa shape index (κ2) is 11.3. The molecule has 0 spiro atoms. The highest BCUT2D eigenvalue weighted by Crippen LogP contribution is 2.30. The number of alkyl halides is 3. The van der Waals surface area contributed by atoms with E-state index in [4.69, 9.17) is 16.2 Å². The highest BCUT2D eigenvalue weighted by Gasteiger charge is 2.31. The van der Waals surface area contributed by atoms with Crippen molar-refractivity contribution < 1.29 is 22.7 Å². The molecular weight excluding hydrogens is 425 g/mol. The fraction of sp³-hybridized carbons (Fsp3) is 0.429. The standard InChI is InChI=1S/C21H25F3N6O2/c1-2-32-19-15(12-26)18(29-20(27)30-19)28-16(8-3-4-9-25)17(31)11-13-6-5-7-14(10-13)21(22,23)24/h5-7,10,16H,2-4,8-9,11,25H2,1H3,(H3,27,28,29,30)/t16-/m1/s1. The fourth-order valence-corrected chi connectivity index (χ4v) is 3.06. The Bertz CT molecular complexity index is 975. The van der Waals surface area contributed by atoms with E-state index in [0.717, 1.165) is 12.1 Å². The van der Waals surface area contributed by atoms with Crippen LogP contribution in [0.2, 0.25) is 0 Å². The lowest BCUT2D eigenvalue weighted by Crippen LogP contribution is -2.32. The lowest BCUT2D eigenvalue weighted by atomic mass is 9.98. The van der Waals surface area contributed by atoms with Gasteiger partial charge in [-0.2, -0.15) is 28.4 Å². The highest BCUT2D eigenvalue weighted by molar-refractivity contribution is 5.88. The monoisotopic (exact) mass is 450 g/mol. The van der Waals surface area contributed by atoms with E-state index in [-0.39, 0.29) is 47.6 Å². The van der Waals surface area contributed by atoms with Crippen molar-refractivity contribution in [1.29, 1.82) is 5.26 Å². The van der Waals surface area contributed by atoms with Gasteiger partial charge in [0.25, 0.3) is 0 Å². The average Bonchev–Trinajstić information content (AvgIpc) is 2.73. The summed E-state index contributed by atoms with van der Waals surface area (Å²) in [5.41, 5.74) is 10.6. The predicted octanol–water partition coefficient (Wildman–Crippen LogP) is 3.07. The number of nitrogens with one attached hydrogen (secondary N) is 1. The van der Waals surface area contributed by atoms with Crippen LogP contribution in [-0.2, 0) is 17.4 Å². The summed E-state index contributed by atoms with van der Waals surface area (Å²) in [6.07, 6.45) is -3.16. The van der Waals surface area contributed by atoms with Gasteiger partial charge in [-0.3, -0.25) is 4.79 Å². The van der Waals surface area contributed by atoms with Gasteiger partial charge in [-0.25, -0.2) is 0 Å². The molecule has 0 amide bonds. The van der Waals surface area contributed by atoms with Crippen LogP contribution in [0.1, 0.15) is 42.9 Å². The molecule has 5 N–H and O–H groups in total. The number of aromatic nitrogens is 2. The number of ether oxygens (including phenoxy) is 1. The number of benzene rings is 1. The molecule has 0 aliphatic rings. The average molecular weight is 450 g/mol. The summed E-state index contributed by atoms with van der Waals surface area (Å²) in [5.74, 6) is -0.504. The van der Waals surface area contributed by atoms with Crippen LogP contribution in [0.5, 0.6) is 5.88 Å². The van der Waals surface area contributed by atoms with Crippen molar-refractivity contribution >= 4 is 17.5 Å². The maximum atomic E-state index is 13.0. The summed E-state index contributed by atoms with van der Waals surface area (Å²) < 4.78 is 44.3. The number of carbonyl (C=O) groups excluding carboxylic acids is 1. The number of unbranched alkanes of at least 4 members (excludes halogenated alkanes) is 1. The maximum Gasteiger partial charge on any atom is 0.416 e. The van der Waals surface area contributed by atoms with Gasteiger partial charge in [0.1, 0.15) is 6.07 Å². The molecule has 0 unspecified atom stereocenters. The Morgan fingerprint density at radius 2 is 2.06 bits per heavy atom. The molecule has 32 heavy (non-hydrogen) atoms. The normalized spacial score (nSPS) is 12.1. The SMILES string of the molecule is CCOc1nc(N)nc(N[C@H](CCCCN)C(=O)Cc2cccc(C(F)(F)F)c2)c1C#N. The second-order valence-electron chi connectivity index (χ2n) is 6.98. The second-order valence-corrected chi connectivity index (χ2v) is 6.98. The van der Waals surface area contributed by atoms with Crippen LogP contribution in [0.3, 0.4) is 0 Å². The van der Waals surface area contributed by atoms with Crippen LogP contribution < -0.4 is 21.5 Å². The van der Waals surface area contributed by atoms with Crippen molar-refractivity contribution in [3.05, 3.63) is 41.0 Å². The maximum absolute atomic E-state index is 13.0. The number of hydrogen-bond acceptors (Lipinski definition) is 8. The summed E-state index contributed by atoms with van der Waals surface area (Å²) in [6.45, 7) is 2.37. The first-order valence-corrected chi connectivity index (χ1v) is 10.1. The molecular formula is C21H25F3N6O2. The molecule has 11 heteroatoms. The molecule has 0 radical (unpaired) electrons. The van der Waals surface area contributed by atoms with Crippen LogP contribution in [0.25, 0.3) is 0 Å². The number of rotatable bonds is 11. The molecule has 1 heterocycles. The molecule has 0 aliphatic heterocycles. The van der Waals surface area contributed by atoms with Gasteiger partial charge in [-0.1, -0.05) is 18.2 Å². The number of nitrogen functional groups attached to an aromatic ring is 1. The first-order valence-electron chi connectivity index (χ1n) is 10.1. The molecule has 0 aliphatic carbocycles. The number of anilines is 2. The summed E-state index contributed by atoms with van der Waals surface area (Å²) in [5, 5.41) is 12.4. The van der Waals surface area contributed by atoms with Gasteiger partial charge in [0.05, 0.1) is 18.2 Å². The summed E-state index contributed by atoms with van der Waals surface area (Å²) in [7, 11) is 0. The third kappa shape index (κ3) is 6.81. The number of carbonyl (C=O) groups is 1. The third-order valence-electron chi connectivity index (χ3n) is 4.57. The van der Waals surface area contributed by atoms with E-state index in [1.165, 1.54) is 12.1 Å². The molecule has 1 aromatic heterocycles. The fourth-order valence-electron chi connectivity index (χ4n) is 3.06. The smallest absolute Gasteiger partial charge is 0.416 e. The van der Waals surface area contributed by atoms with E-state index in [0.29, 0.717) is 25.8 Å². The van der Waals surface area contributed by atoms with Gasteiger partial charge in [0.15, 0.2) is 17.2 Å². The van der Waals surface area contributed by atoms with Gasteiger partial charge in [-0.05, 0) is 44.4 Å². The minimum atomic E-state index is -4.51. The Morgan fingerprint density at radius 1 is 1.31 bits per heavy atom. The first kappa shape index (κ1) is 24.9. The van der Waals surface area contributed by atoms with Gasteiger partial charge < -0.3 is 21.5 Å². The van der Waals surface area contributed by atoms with E-state index in [9.17, 15) is 23.2 Å². The minimum Gasteiger partial charge on any atom is -0.477 e. The lowest BCUT2D eigenvalue weighted by Gasteiger charge is -2.20. The molecule has 0 saturated carbocycles. The quantitative estimate of drug-likeness (QED) is 0.444. The number of nitriles is 1. The molecule has 1 aromatic carbocycles. The molecule has 172 valence electrons. The number of halogens is 3. The Labute approximate surface area is 183 Å². The highest BCUT2D eigenvalue weighted by atomic mass is 19.4. The minimum absolute atomic E-state index is 0.0169. The third-order valence-corrected chi connectivity index (χ3v) is 4.57. The van der Waals surface area contributed by atoms with Crippen LogP contribution in [-0.4, -0.2) is 34.9 Å². The van der Waals surface area contributed by atoms with Crippen molar-refractivity contribution in [3.63, 3.8) is 0 Å². The van der Waals surface area contributed by atoms with Gasteiger partial charge >= 0.3 is 6.18 Å². The Balaban J connectivity index is 2.31. The molecule has 8 nitrogen and oxygen atoms in total. The predicted molar refractivity (Wildman–Crippen MR) is 113 cm³/mol. The number of nitrogens with two attached hydrogens (primary N) is 2. The van der Waals surface area contributed by atoms with Crippen LogP contribution in [0.4, 0.5) is 24.9 Å². The summed E-state index contributed by atoms with van der Waals surface area (Å²) in [6, 6.07) is 5.73. The molecule has 2 aromatic rings. The first-order chi connectivity index (χ1) is 15.2. The molecule has 1 atom stereocenters.